The monoisotopic (exact) mass is 290 g/mol. The van der Waals surface area contributed by atoms with Crippen molar-refractivity contribution in [1.82, 2.24) is 10.3 Å². The molecule has 1 aromatic carbocycles. The van der Waals surface area contributed by atoms with Crippen LogP contribution in [-0.4, -0.2) is 44.6 Å². The molecular weight excluding hydrogens is 283 g/mol. The number of alkyl halides is 3. The maximum atomic E-state index is 13.1. The van der Waals surface area contributed by atoms with Crippen molar-refractivity contribution in [2.24, 2.45) is 0 Å². The number of benzene rings is 1. The van der Waals surface area contributed by atoms with Crippen LogP contribution < -0.4 is 10.9 Å². The van der Waals surface area contributed by atoms with Crippen LogP contribution in [0.25, 0.3) is 11.0 Å². The van der Waals surface area contributed by atoms with Gasteiger partial charge in [0.25, 0.3) is 0 Å². The van der Waals surface area contributed by atoms with E-state index in [4.69, 9.17) is 10.0 Å². The van der Waals surface area contributed by atoms with Gasteiger partial charge < -0.3 is 20.1 Å². The van der Waals surface area contributed by atoms with Gasteiger partial charge in [-0.1, -0.05) is 10.3 Å². The van der Waals surface area contributed by atoms with Gasteiger partial charge >= 0.3 is 20.4 Å². The molecule has 4 N–H and O–H groups in total. The summed E-state index contributed by atoms with van der Waals surface area (Å²) >= 11 is 0. The number of hydrogen-bond acceptors (Lipinski definition) is 7. The third kappa shape index (κ3) is 2.16. The molecule has 0 aliphatic carbocycles. The molecule has 0 aliphatic heterocycles. The fraction of sp³-hybridized carbons (Fsp3) is 0.250. The van der Waals surface area contributed by atoms with E-state index >= 15 is 0 Å². The Bertz CT molecular complexity index is 658. The van der Waals surface area contributed by atoms with Crippen LogP contribution in [0.1, 0.15) is 11.1 Å². The summed E-state index contributed by atoms with van der Waals surface area (Å²) in [6.45, 7) is 0.956. The normalized spacial score (nSPS) is 12.0. The Kier molecular flexibility index (Phi) is 3.50. The highest BCUT2D eigenvalue weighted by Gasteiger charge is 2.43. The summed E-state index contributed by atoms with van der Waals surface area (Å²) in [6.07, 6.45) is -4.96. The molecule has 0 aliphatic rings. The molecule has 0 saturated carbocycles. The van der Waals surface area contributed by atoms with Crippen LogP contribution in [0.5, 0.6) is 0 Å². The molecule has 20 heavy (non-hydrogen) atoms. The van der Waals surface area contributed by atoms with Crippen molar-refractivity contribution in [2.45, 2.75) is 13.1 Å². The Labute approximate surface area is 109 Å². The second kappa shape index (κ2) is 4.74. The molecule has 2 rings (SSSR count). The molecule has 0 saturated heterocycles. The molecule has 0 unspecified atom stereocenters. The molecule has 0 radical (unpaired) electrons. The van der Waals surface area contributed by atoms with Gasteiger partial charge in [0.15, 0.2) is 0 Å². The van der Waals surface area contributed by atoms with Crippen LogP contribution in [0, 0.1) is 6.92 Å². The van der Waals surface area contributed by atoms with Crippen LogP contribution in [-0.2, 0) is 6.18 Å². The molecule has 0 bridgehead atoms. The van der Waals surface area contributed by atoms with Crippen molar-refractivity contribution < 1.29 is 37.9 Å². The second-order valence-corrected chi connectivity index (χ2v) is 4.03. The molecular formula is C8H7B2F3N2O5. The molecule has 1 aromatic heterocycles. The van der Waals surface area contributed by atoms with Crippen LogP contribution in [0.15, 0.2) is 4.63 Å². The van der Waals surface area contributed by atoms with E-state index in [-0.39, 0.29) is 5.52 Å². The molecule has 0 amide bonds. The third-order valence-electron chi connectivity index (χ3n) is 2.85. The lowest BCUT2D eigenvalue weighted by Gasteiger charge is -2.18. The number of fused-ring (bicyclic) bond motifs is 1. The molecule has 0 spiro atoms. The first-order valence-electron chi connectivity index (χ1n) is 5.24. The predicted octanol–water partition coefficient (Wildman–Crippen LogP) is -2.09. The minimum Gasteiger partial charge on any atom is -0.423 e. The Balaban J connectivity index is 3.02. The first-order valence-corrected chi connectivity index (χ1v) is 5.24. The lowest BCUT2D eigenvalue weighted by atomic mass is 9.68. The van der Waals surface area contributed by atoms with Crippen LogP contribution in [0.2, 0.25) is 0 Å². The summed E-state index contributed by atoms with van der Waals surface area (Å²) in [5.74, 6) is 0. The number of aromatic nitrogens is 2. The van der Waals surface area contributed by atoms with Crippen molar-refractivity contribution in [3.8, 4) is 0 Å². The van der Waals surface area contributed by atoms with E-state index in [0.29, 0.717) is 0 Å². The van der Waals surface area contributed by atoms with Gasteiger partial charge in [-0.05, 0) is 12.5 Å². The van der Waals surface area contributed by atoms with Crippen molar-refractivity contribution in [3.05, 3.63) is 11.1 Å². The van der Waals surface area contributed by atoms with Gasteiger partial charge in [-0.3, -0.25) is 0 Å². The topological polar surface area (TPSA) is 120 Å². The minimum absolute atomic E-state index is 0.381. The van der Waals surface area contributed by atoms with Gasteiger partial charge in [-0.25, -0.2) is 4.63 Å². The smallest absolute Gasteiger partial charge is 0.423 e. The Hall–Kier alpha value is -1.62. The zero-order chi connectivity index (χ0) is 15.2. The molecule has 1 heterocycles. The zero-order valence-electron chi connectivity index (χ0n) is 9.88. The van der Waals surface area contributed by atoms with Crippen molar-refractivity contribution in [3.63, 3.8) is 0 Å². The van der Waals surface area contributed by atoms with Gasteiger partial charge in [0, 0.05) is 10.9 Å². The number of rotatable bonds is 2. The molecule has 12 heteroatoms. The van der Waals surface area contributed by atoms with E-state index < -0.39 is 48.0 Å². The van der Waals surface area contributed by atoms with Gasteiger partial charge in [-0.2, -0.15) is 13.2 Å². The summed E-state index contributed by atoms with van der Waals surface area (Å²) in [4.78, 5) is 0. The van der Waals surface area contributed by atoms with E-state index in [1.165, 1.54) is 0 Å². The summed E-state index contributed by atoms with van der Waals surface area (Å²) in [6, 6.07) is 0. The zero-order valence-corrected chi connectivity index (χ0v) is 9.88. The highest BCUT2D eigenvalue weighted by atomic mass is 19.4. The Morgan fingerprint density at radius 3 is 1.80 bits per heavy atom. The maximum Gasteiger partial charge on any atom is 0.491 e. The fourth-order valence-corrected chi connectivity index (χ4v) is 2.11. The minimum atomic E-state index is -4.96. The third-order valence-corrected chi connectivity index (χ3v) is 2.85. The van der Waals surface area contributed by atoms with Gasteiger partial charge in [0.1, 0.15) is 11.0 Å². The Morgan fingerprint density at radius 1 is 0.950 bits per heavy atom. The lowest BCUT2D eigenvalue weighted by Crippen LogP contribution is -2.43. The van der Waals surface area contributed by atoms with Crippen molar-refractivity contribution in [2.75, 3.05) is 0 Å². The molecule has 106 valence electrons. The predicted molar refractivity (Wildman–Crippen MR) is 61.2 cm³/mol. The average molecular weight is 290 g/mol. The van der Waals surface area contributed by atoms with E-state index in [1.54, 1.807) is 0 Å². The van der Waals surface area contributed by atoms with Crippen LogP contribution in [0.4, 0.5) is 13.2 Å². The lowest BCUT2D eigenvalue weighted by molar-refractivity contribution is -0.137. The van der Waals surface area contributed by atoms with E-state index in [1.807, 2.05) is 0 Å². The summed E-state index contributed by atoms with van der Waals surface area (Å²) in [5.41, 5.74) is -4.50. The fourth-order valence-electron chi connectivity index (χ4n) is 2.11. The SMILES string of the molecule is Cc1c(C(F)(F)F)c(B(O)O)c2nonc2c1B(O)O. The van der Waals surface area contributed by atoms with Crippen LogP contribution in [0.3, 0.4) is 0 Å². The summed E-state index contributed by atoms with van der Waals surface area (Å²) in [5, 5.41) is 43.1. The quantitative estimate of drug-likeness (QED) is 0.468. The van der Waals surface area contributed by atoms with Gasteiger partial charge in [0.2, 0.25) is 0 Å². The highest BCUT2D eigenvalue weighted by Crippen LogP contribution is 2.32. The molecule has 0 atom stereocenters. The molecule has 0 fully saturated rings. The Morgan fingerprint density at radius 2 is 1.40 bits per heavy atom. The van der Waals surface area contributed by atoms with E-state index in [2.05, 4.69) is 14.9 Å². The largest absolute Gasteiger partial charge is 0.491 e. The van der Waals surface area contributed by atoms with E-state index in [0.717, 1.165) is 6.92 Å². The van der Waals surface area contributed by atoms with Gasteiger partial charge in [0.05, 0.1) is 5.56 Å². The highest BCUT2D eigenvalue weighted by molar-refractivity contribution is 6.66. The molecule has 7 nitrogen and oxygen atoms in total. The first kappa shape index (κ1) is 14.8. The second-order valence-electron chi connectivity index (χ2n) is 4.03. The van der Waals surface area contributed by atoms with Gasteiger partial charge in [-0.15, -0.1) is 0 Å². The maximum absolute atomic E-state index is 13.1. The van der Waals surface area contributed by atoms with Crippen LogP contribution >= 0.6 is 0 Å². The average Bonchev–Trinajstić information content (AvgIpc) is 2.72. The number of hydrogen-bond donors (Lipinski definition) is 4. The van der Waals surface area contributed by atoms with E-state index in [9.17, 15) is 23.2 Å². The van der Waals surface area contributed by atoms with Crippen molar-refractivity contribution >= 4 is 36.2 Å². The summed E-state index contributed by atoms with van der Waals surface area (Å²) in [7, 11) is -4.74. The van der Waals surface area contributed by atoms with Crippen molar-refractivity contribution in [1.29, 1.82) is 0 Å². The number of halogens is 3. The first-order chi connectivity index (χ1) is 9.16. The standard InChI is InChI=1S/C8H7B2F3N2O5/c1-2-3(8(11,12)13)5(10(18)19)7-6(14-20-15-7)4(2)9(16)17/h16-19H,1H3. The number of nitrogens with zero attached hydrogens (tertiary/aromatic N) is 2. The summed E-state index contributed by atoms with van der Waals surface area (Å²) < 4.78 is 43.5. The molecule has 2 aromatic rings.